The summed E-state index contributed by atoms with van der Waals surface area (Å²) < 4.78 is 0. The van der Waals surface area contributed by atoms with Gasteiger partial charge in [-0.15, -0.1) is 0 Å². The Morgan fingerprint density at radius 3 is 2.41 bits per heavy atom. The molecular formula is C14H14N2O. The molecule has 3 heteroatoms. The minimum atomic E-state index is 0.225. The first-order valence-corrected chi connectivity index (χ1v) is 5.36. The molecule has 2 aromatic carbocycles. The van der Waals surface area contributed by atoms with E-state index >= 15 is 0 Å². The van der Waals surface area contributed by atoms with E-state index < -0.39 is 0 Å². The van der Waals surface area contributed by atoms with Crippen LogP contribution in [-0.2, 0) is 0 Å². The number of nitrogen functional groups attached to an aromatic ring is 1. The molecule has 0 spiro atoms. The van der Waals surface area contributed by atoms with Gasteiger partial charge in [-0.3, -0.25) is 4.99 Å². The topological polar surface area (TPSA) is 58.6 Å². The number of benzene rings is 2. The second-order valence-corrected chi connectivity index (χ2v) is 3.77. The zero-order chi connectivity index (χ0) is 12.3. The number of aromatic hydroxyl groups is 1. The van der Waals surface area contributed by atoms with Crippen molar-refractivity contribution in [3.63, 3.8) is 0 Å². The van der Waals surface area contributed by atoms with E-state index in [0.29, 0.717) is 11.4 Å². The van der Waals surface area contributed by atoms with E-state index in [-0.39, 0.29) is 5.75 Å². The molecule has 3 N–H and O–H groups in total. The number of phenolic OH excluding ortho intramolecular Hbond substituents is 1. The Labute approximate surface area is 100 Å². The van der Waals surface area contributed by atoms with Crippen molar-refractivity contribution in [3.8, 4) is 5.75 Å². The van der Waals surface area contributed by atoms with Gasteiger partial charge < -0.3 is 10.8 Å². The molecule has 0 heterocycles. The van der Waals surface area contributed by atoms with Gasteiger partial charge in [0.2, 0.25) is 0 Å². The van der Waals surface area contributed by atoms with Crippen LogP contribution < -0.4 is 5.73 Å². The van der Waals surface area contributed by atoms with Crippen molar-refractivity contribution < 1.29 is 5.11 Å². The average Bonchev–Trinajstić information content (AvgIpc) is 2.32. The molecule has 3 nitrogen and oxygen atoms in total. The van der Waals surface area contributed by atoms with Gasteiger partial charge in [0, 0.05) is 11.3 Å². The van der Waals surface area contributed by atoms with Crippen molar-refractivity contribution in [1.29, 1.82) is 0 Å². The van der Waals surface area contributed by atoms with Gasteiger partial charge in [0.1, 0.15) is 5.75 Å². The van der Waals surface area contributed by atoms with Crippen LogP contribution in [0.5, 0.6) is 5.75 Å². The molecule has 2 rings (SSSR count). The van der Waals surface area contributed by atoms with Crippen LogP contribution in [0.15, 0.2) is 53.5 Å². The monoisotopic (exact) mass is 226 g/mol. The fraction of sp³-hybridized carbons (Fsp3) is 0.0714. The number of aliphatic imine (C=N–C) groups is 1. The van der Waals surface area contributed by atoms with Crippen LogP contribution >= 0.6 is 0 Å². The summed E-state index contributed by atoms with van der Waals surface area (Å²) >= 11 is 0. The predicted octanol–water partition coefficient (Wildman–Crippen LogP) is 3.12. The molecule has 0 amide bonds. The Morgan fingerprint density at radius 1 is 1.06 bits per heavy atom. The summed E-state index contributed by atoms with van der Waals surface area (Å²) in [6.07, 6.45) is 0. The molecule has 0 aliphatic rings. The maximum absolute atomic E-state index is 9.72. The van der Waals surface area contributed by atoms with Crippen LogP contribution in [-0.4, -0.2) is 10.8 Å². The molecule has 0 aromatic heterocycles. The standard InChI is InChI=1S/C14H14N2O/c1-10(11-6-2-5-9-14(11)17)16-13-8-4-3-7-12(13)15/h2-9,17H,15H2,1H3/b16-10+. The van der Waals surface area contributed by atoms with Crippen LogP contribution in [0.25, 0.3) is 0 Å². The summed E-state index contributed by atoms with van der Waals surface area (Å²) in [5.41, 5.74) is 8.61. The number of para-hydroxylation sites is 3. The second-order valence-electron chi connectivity index (χ2n) is 3.77. The zero-order valence-corrected chi connectivity index (χ0v) is 9.59. The summed E-state index contributed by atoms with van der Waals surface area (Å²) in [5, 5.41) is 9.72. The molecule has 0 fully saturated rings. The molecule has 0 unspecified atom stereocenters. The average molecular weight is 226 g/mol. The minimum absolute atomic E-state index is 0.225. The van der Waals surface area contributed by atoms with Crippen molar-refractivity contribution in [2.45, 2.75) is 6.92 Å². The first-order valence-electron chi connectivity index (χ1n) is 5.36. The third-order valence-corrected chi connectivity index (χ3v) is 2.52. The highest BCUT2D eigenvalue weighted by Crippen LogP contribution is 2.24. The number of nitrogens with zero attached hydrogens (tertiary/aromatic N) is 1. The van der Waals surface area contributed by atoms with Crippen LogP contribution in [0.1, 0.15) is 12.5 Å². The molecule has 0 saturated heterocycles. The molecule has 0 aliphatic carbocycles. The quantitative estimate of drug-likeness (QED) is 0.610. The van der Waals surface area contributed by atoms with Crippen LogP contribution in [0, 0.1) is 0 Å². The first-order chi connectivity index (χ1) is 8.18. The zero-order valence-electron chi connectivity index (χ0n) is 9.59. The van der Waals surface area contributed by atoms with E-state index in [1.807, 2.05) is 37.3 Å². The first kappa shape index (κ1) is 11.2. The van der Waals surface area contributed by atoms with Crippen molar-refractivity contribution in [1.82, 2.24) is 0 Å². The smallest absolute Gasteiger partial charge is 0.124 e. The second kappa shape index (κ2) is 4.70. The normalized spacial score (nSPS) is 11.5. The summed E-state index contributed by atoms with van der Waals surface area (Å²) in [4.78, 5) is 4.42. The molecule has 0 saturated carbocycles. The Kier molecular flexibility index (Phi) is 3.10. The highest BCUT2D eigenvalue weighted by molar-refractivity contribution is 6.02. The van der Waals surface area contributed by atoms with E-state index in [4.69, 9.17) is 5.73 Å². The van der Waals surface area contributed by atoms with E-state index in [1.165, 1.54) is 0 Å². The SMILES string of the molecule is C/C(=N\c1ccccc1N)c1ccccc1O. The fourth-order valence-electron chi connectivity index (χ4n) is 1.61. The van der Waals surface area contributed by atoms with Crippen molar-refractivity contribution in [2.75, 3.05) is 5.73 Å². The van der Waals surface area contributed by atoms with Gasteiger partial charge in [-0.05, 0) is 31.2 Å². The summed E-state index contributed by atoms with van der Waals surface area (Å²) in [6, 6.07) is 14.5. The van der Waals surface area contributed by atoms with Gasteiger partial charge in [-0.25, -0.2) is 0 Å². The lowest BCUT2D eigenvalue weighted by Crippen LogP contribution is -1.95. The number of phenols is 1. The Bertz CT molecular complexity index is 562. The van der Waals surface area contributed by atoms with Gasteiger partial charge in [0.05, 0.1) is 11.4 Å². The third-order valence-electron chi connectivity index (χ3n) is 2.52. The van der Waals surface area contributed by atoms with Gasteiger partial charge in [-0.2, -0.15) is 0 Å². The van der Waals surface area contributed by atoms with E-state index in [0.717, 1.165) is 11.3 Å². The fourth-order valence-corrected chi connectivity index (χ4v) is 1.61. The molecule has 0 bridgehead atoms. The van der Waals surface area contributed by atoms with Crippen molar-refractivity contribution in [2.24, 2.45) is 4.99 Å². The molecule has 17 heavy (non-hydrogen) atoms. The summed E-state index contributed by atoms with van der Waals surface area (Å²) in [7, 11) is 0. The highest BCUT2D eigenvalue weighted by atomic mass is 16.3. The lowest BCUT2D eigenvalue weighted by atomic mass is 10.1. The Hall–Kier alpha value is -2.29. The maximum Gasteiger partial charge on any atom is 0.124 e. The van der Waals surface area contributed by atoms with Gasteiger partial charge in [0.25, 0.3) is 0 Å². The lowest BCUT2D eigenvalue weighted by Gasteiger charge is -2.05. The third kappa shape index (κ3) is 2.45. The summed E-state index contributed by atoms with van der Waals surface area (Å²) in [6.45, 7) is 1.85. The Morgan fingerprint density at radius 2 is 1.71 bits per heavy atom. The predicted molar refractivity (Wildman–Crippen MR) is 70.8 cm³/mol. The number of rotatable bonds is 2. The summed E-state index contributed by atoms with van der Waals surface area (Å²) in [5.74, 6) is 0.225. The maximum atomic E-state index is 9.72. The van der Waals surface area contributed by atoms with Crippen LogP contribution in [0.4, 0.5) is 11.4 Å². The van der Waals surface area contributed by atoms with Gasteiger partial charge in [-0.1, -0.05) is 24.3 Å². The molecular weight excluding hydrogens is 212 g/mol. The van der Waals surface area contributed by atoms with Gasteiger partial charge >= 0.3 is 0 Å². The highest BCUT2D eigenvalue weighted by Gasteiger charge is 2.04. The van der Waals surface area contributed by atoms with E-state index in [9.17, 15) is 5.11 Å². The lowest BCUT2D eigenvalue weighted by molar-refractivity contribution is 0.474. The number of anilines is 1. The van der Waals surface area contributed by atoms with E-state index in [1.54, 1.807) is 18.2 Å². The number of nitrogens with two attached hydrogens (primary N) is 1. The molecule has 86 valence electrons. The van der Waals surface area contributed by atoms with Gasteiger partial charge in [0.15, 0.2) is 0 Å². The van der Waals surface area contributed by atoms with Crippen molar-refractivity contribution in [3.05, 3.63) is 54.1 Å². The van der Waals surface area contributed by atoms with E-state index in [2.05, 4.69) is 4.99 Å². The van der Waals surface area contributed by atoms with Crippen LogP contribution in [0.3, 0.4) is 0 Å². The molecule has 0 radical (unpaired) electrons. The van der Waals surface area contributed by atoms with Crippen LogP contribution in [0.2, 0.25) is 0 Å². The number of hydrogen-bond acceptors (Lipinski definition) is 3. The number of hydrogen-bond donors (Lipinski definition) is 2. The molecule has 2 aromatic rings. The molecule has 0 aliphatic heterocycles. The Balaban J connectivity index is 2.42. The minimum Gasteiger partial charge on any atom is -0.507 e. The van der Waals surface area contributed by atoms with Crippen molar-refractivity contribution >= 4 is 17.1 Å². The molecule has 0 atom stereocenters. The largest absolute Gasteiger partial charge is 0.507 e.